The van der Waals surface area contributed by atoms with Gasteiger partial charge in [0.15, 0.2) is 0 Å². The van der Waals surface area contributed by atoms with E-state index < -0.39 is 41.9 Å². The fourth-order valence-electron chi connectivity index (χ4n) is 3.70. The lowest BCUT2D eigenvalue weighted by atomic mass is 9.89. The number of ether oxygens (including phenoxy) is 1. The van der Waals surface area contributed by atoms with Gasteiger partial charge in [-0.05, 0) is 43.4 Å². The van der Waals surface area contributed by atoms with Gasteiger partial charge in [-0.3, -0.25) is 4.79 Å². The molecule has 0 radical (unpaired) electrons. The van der Waals surface area contributed by atoms with Gasteiger partial charge in [0, 0.05) is 18.8 Å². The summed E-state index contributed by atoms with van der Waals surface area (Å²) < 4.78 is 43.5. The number of aliphatic hydroxyl groups is 3. The van der Waals surface area contributed by atoms with Gasteiger partial charge in [0.1, 0.15) is 18.5 Å². The number of allylic oxidation sites excluding steroid dienone is 2. The number of aliphatic hydroxyl groups excluding tert-OH is 3. The molecular weight excluding hydrogens is 429 g/mol. The second kappa shape index (κ2) is 12.0. The molecule has 0 unspecified atom stereocenters. The highest BCUT2D eigenvalue weighted by Gasteiger charge is 2.39. The Morgan fingerprint density at radius 1 is 1.22 bits per heavy atom. The maximum Gasteiger partial charge on any atom is 0.416 e. The Labute approximate surface area is 184 Å². The van der Waals surface area contributed by atoms with Crippen LogP contribution in [0.5, 0.6) is 5.75 Å². The van der Waals surface area contributed by atoms with Gasteiger partial charge in [-0.1, -0.05) is 30.4 Å². The molecule has 0 aliphatic heterocycles. The minimum atomic E-state index is -4.49. The van der Waals surface area contributed by atoms with E-state index in [1.54, 1.807) is 6.08 Å². The van der Waals surface area contributed by atoms with E-state index in [1.165, 1.54) is 18.2 Å². The quantitative estimate of drug-likeness (QED) is 0.298. The minimum Gasteiger partial charge on any atom is -0.491 e. The standard InChI is InChI=1S/C23H29F3O6/c24-23(25,26)15-6-5-7-17(12-15)32-14-16(27)10-11-19-18(20(28)13-21(19)29)8-3-1-2-4-9-22(30)31/h1,3,5-7,10-12,16,18-21,27-29H,2,4,8-9,13-14H2,(H,30,31)/b3-1-,11-10+/t16-,18-,19-,20+,21-/m0/s1. The summed E-state index contributed by atoms with van der Waals surface area (Å²) in [5, 5.41) is 39.2. The van der Waals surface area contributed by atoms with E-state index in [4.69, 9.17) is 9.84 Å². The Morgan fingerprint density at radius 2 is 1.97 bits per heavy atom. The summed E-state index contributed by atoms with van der Waals surface area (Å²) in [5.74, 6) is -1.55. The van der Waals surface area contributed by atoms with Crippen LogP contribution in [-0.2, 0) is 11.0 Å². The molecule has 0 bridgehead atoms. The van der Waals surface area contributed by atoms with Gasteiger partial charge in [-0.25, -0.2) is 0 Å². The van der Waals surface area contributed by atoms with Gasteiger partial charge in [0.05, 0.1) is 17.8 Å². The average Bonchev–Trinajstić information content (AvgIpc) is 2.99. The molecule has 1 aromatic carbocycles. The van der Waals surface area contributed by atoms with Crippen LogP contribution in [-0.4, -0.2) is 51.3 Å². The third-order valence-corrected chi connectivity index (χ3v) is 5.39. The second-order valence-electron chi connectivity index (χ2n) is 7.89. The van der Waals surface area contributed by atoms with Crippen LogP contribution in [0.4, 0.5) is 13.2 Å². The van der Waals surface area contributed by atoms with Crippen molar-refractivity contribution in [3.63, 3.8) is 0 Å². The molecule has 0 saturated heterocycles. The molecule has 0 aromatic heterocycles. The number of rotatable bonds is 11. The van der Waals surface area contributed by atoms with Crippen LogP contribution in [0.3, 0.4) is 0 Å². The average molecular weight is 458 g/mol. The number of carboxylic acid groups (broad SMARTS) is 1. The fourth-order valence-corrected chi connectivity index (χ4v) is 3.70. The maximum atomic E-state index is 12.8. The maximum absolute atomic E-state index is 12.8. The zero-order valence-electron chi connectivity index (χ0n) is 17.5. The lowest BCUT2D eigenvalue weighted by Gasteiger charge is -2.19. The molecule has 1 aliphatic carbocycles. The first-order valence-corrected chi connectivity index (χ1v) is 10.5. The normalized spacial score (nSPS) is 24.9. The lowest BCUT2D eigenvalue weighted by Crippen LogP contribution is -2.21. The molecule has 178 valence electrons. The summed E-state index contributed by atoms with van der Waals surface area (Å²) in [7, 11) is 0. The largest absolute Gasteiger partial charge is 0.491 e. The zero-order chi connectivity index (χ0) is 23.7. The van der Waals surface area contributed by atoms with Crippen molar-refractivity contribution in [2.45, 2.75) is 56.6 Å². The number of aliphatic carboxylic acids is 1. The van der Waals surface area contributed by atoms with Crippen molar-refractivity contribution >= 4 is 5.97 Å². The van der Waals surface area contributed by atoms with Crippen LogP contribution in [0.15, 0.2) is 48.6 Å². The van der Waals surface area contributed by atoms with Gasteiger partial charge in [-0.15, -0.1) is 0 Å². The Kier molecular flexibility index (Phi) is 9.74. The van der Waals surface area contributed by atoms with Gasteiger partial charge in [-0.2, -0.15) is 13.2 Å². The summed E-state index contributed by atoms with van der Waals surface area (Å²) in [6.07, 6.45) is 1.48. The number of hydrogen-bond donors (Lipinski definition) is 4. The van der Waals surface area contributed by atoms with Crippen LogP contribution in [0.25, 0.3) is 0 Å². The lowest BCUT2D eigenvalue weighted by molar-refractivity contribution is -0.138. The van der Waals surface area contributed by atoms with E-state index in [0.717, 1.165) is 12.1 Å². The molecule has 1 aromatic rings. The molecule has 2 rings (SSSR count). The highest BCUT2D eigenvalue weighted by molar-refractivity contribution is 5.66. The Morgan fingerprint density at radius 3 is 2.66 bits per heavy atom. The summed E-state index contributed by atoms with van der Waals surface area (Å²) in [6, 6.07) is 4.36. The Balaban J connectivity index is 1.87. The smallest absolute Gasteiger partial charge is 0.416 e. The first kappa shape index (κ1) is 25.9. The fraction of sp³-hybridized carbons (Fsp3) is 0.522. The SMILES string of the molecule is O=C(O)CCC/C=C\C[C@H]1[C@H](/C=C/[C@H](O)COc2cccc(C(F)(F)F)c2)[C@@H](O)C[C@H]1O. The number of halogens is 3. The molecular formula is C23H29F3O6. The van der Waals surface area contributed by atoms with Crippen LogP contribution >= 0.6 is 0 Å². The molecule has 1 fully saturated rings. The highest BCUT2D eigenvalue weighted by atomic mass is 19.4. The first-order chi connectivity index (χ1) is 15.1. The van der Waals surface area contributed by atoms with E-state index >= 15 is 0 Å². The molecule has 32 heavy (non-hydrogen) atoms. The molecule has 4 N–H and O–H groups in total. The zero-order valence-corrected chi connectivity index (χ0v) is 17.5. The molecule has 1 saturated carbocycles. The number of carbonyl (C=O) groups is 1. The topological polar surface area (TPSA) is 107 Å². The van der Waals surface area contributed by atoms with Crippen molar-refractivity contribution in [1.29, 1.82) is 0 Å². The molecule has 0 spiro atoms. The molecule has 9 heteroatoms. The van der Waals surface area contributed by atoms with E-state index in [1.807, 2.05) is 12.2 Å². The van der Waals surface area contributed by atoms with Gasteiger partial charge < -0.3 is 25.2 Å². The number of unbranched alkanes of at least 4 members (excludes halogenated alkanes) is 1. The molecule has 0 heterocycles. The number of hydrogen-bond acceptors (Lipinski definition) is 5. The van der Waals surface area contributed by atoms with E-state index in [-0.39, 0.29) is 31.1 Å². The first-order valence-electron chi connectivity index (χ1n) is 10.5. The van der Waals surface area contributed by atoms with Crippen LogP contribution in [0.2, 0.25) is 0 Å². The summed E-state index contributed by atoms with van der Waals surface area (Å²) in [4.78, 5) is 10.5. The van der Waals surface area contributed by atoms with Crippen molar-refractivity contribution < 1.29 is 43.1 Å². The Hall–Kier alpha value is -2.36. The summed E-state index contributed by atoms with van der Waals surface area (Å²) >= 11 is 0. The van der Waals surface area contributed by atoms with Crippen molar-refractivity contribution in [1.82, 2.24) is 0 Å². The van der Waals surface area contributed by atoms with Gasteiger partial charge in [0.2, 0.25) is 0 Å². The minimum absolute atomic E-state index is 0.0190. The molecule has 1 aliphatic rings. The van der Waals surface area contributed by atoms with Crippen LogP contribution < -0.4 is 4.74 Å². The number of benzene rings is 1. The molecule has 6 nitrogen and oxygen atoms in total. The van der Waals surface area contributed by atoms with Crippen molar-refractivity contribution in [3.05, 3.63) is 54.1 Å². The van der Waals surface area contributed by atoms with Crippen LogP contribution in [0, 0.1) is 11.8 Å². The number of carboxylic acids is 1. The molecule has 5 atom stereocenters. The van der Waals surface area contributed by atoms with Gasteiger partial charge in [0.25, 0.3) is 0 Å². The van der Waals surface area contributed by atoms with Gasteiger partial charge >= 0.3 is 12.1 Å². The van der Waals surface area contributed by atoms with Crippen molar-refractivity contribution in [3.8, 4) is 5.75 Å². The van der Waals surface area contributed by atoms with E-state index in [0.29, 0.717) is 19.3 Å². The van der Waals surface area contributed by atoms with Crippen molar-refractivity contribution in [2.24, 2.45) is 11.8 Å². The Bertz CT molecular complexity index is 792. The third-order valence-electron chi connectivity index (χ3n) is 5.39. The summed E-state index contributed by atoms with van der Waals surface area (Å²) in [6.45, 7) is -0.267. The van der Waals surface area contributed by atoms with E-state index in [9.17, 15) is 33.3 Å². The van der Waals surface area contributed by atoms with E-state index in [2.05, 4.69) is 0 Å². The monoisotopic (exact) mass is 458 g/mol. The third kappa shape index (κ3) is 8.29. The summed E-state index contributed by atoms with van der Waals surface area (Å²) in [5.41, 5.74) is -0.845. The predicted molar refractivity (Wildman–Crippen MR) is 111 cm³/mol. The second-order valence-corrected chi connectivity index (χ2v) is 7.89. The predicted octanol–water partition coefficient (Wildman–Crippen LogP) is 3.56. The van der Waals surface area contributed by atoms with Crippen molar-refractivity contribution in [2.75, 3.05) is 6.61 Å². The highest BCUT2D eigenvalue weighted by Crippen LogP contribution is 2.36. The molecule has 0 amide bonds. The van der Waals surface area contributed by atoms with Crippen LogP contribution in [0.1, 0.15) is 37.7 Å². The number of alkyl halides is 3.